The van der Waals surface area contributed by atoms with Crippen molar-refractivity contribution in [3.05, 3.63) is 58.6 Å². The maximum atomic E-state index is 13.0. The highest BCUT2D eigenvalue weighted by Gasteiger charge is 2.49. The summed E-state index contributed by atoms with van der Waals surface area (Å²) in [4.78, 5) is 26.7. The lowest BCUT2D eigenvalue weighted by atomic mass is 9.91. The van der Waals surface area contributed by atoms with Crippen molar-refractivity contribution >= 4 is 23.5 Å². The molecule has 3 amide bonds. The second-order valence-corrected chi connectivity index (χ2v) is 6.87. The maximum absolute atomic E-state index is 13.0. The van der Waals surface area contributed by atoms with E-state index in [1.54, 1.807) is 49.4 Å². The van der Waals surface area contributed by atoms with Crippen molar-refractivity contribution < 1.29 is 19.1 Å². The van der Waals surface area contributed by atoms with Crippen molar-refractivity contribution in [2.24, 2.45) is 0 Å². The first kappa shape index (κ1) is 16.7. The van der Waals surface area contributed by atoms with E-state index in [0.717, 1.165) is 5.56 Å². The quantitative estimate of drug-likeness (QED) is 0.841. The minimum absolute atomic E-state index is 0.183. The third-order valence-corrected chi connectivity index (χ3v) is 4.90. The van der Waals surface area contributed by atoms with Crippen molar-refractivity contribution in [1.29, 1.82) is 0 Å². The SMILES string of the molecule is C[C@]1(c2ccc3c(c2)OCCO3)NC(=O)N(Cc2ccc(Cl)cc2)C1=O. The number of fused-ring (bicyclic) bond motifs is 1. The average Bonchev–Trinajstić information content (AvgIpc) is 2.87. The zero-order valence-corrected chi connectivity index (χ0v) is 14.9. The van der Waals surface area contributed by atoms with E-state index in [1.807, 2.05) is 0 Å². The van der Waals surface area contributed by atoms with Gasteiger partial charge in [-0.3, -0.25) is 9.69 Å². The molecule has 7 heteroatoms. The number of halogens is 1. The van der Waals surface area contributed by atoms with Gasteiger partial charge in [0.25, 0.3) is 5.91 Å². The predicted molar refractivity (Wildman–Crippen MR) is 95.3 cm³/mol. The van der Waals surface area contributed by atoms with E-state index in [-0.39, 0.29) is 12.5 Å². The Bertz CT molecular complexity index is 884. The molecule has 6 nitrogen and oxygen atoms in total. The van der Waals surface area contributed by atoms with Gasteiger partial charge >= 0.3 is 6.03 Å². The summed E-state index contributed by atoms with van der Waals surface area (Å²) in [6.07, 6.45) is 0. The first-order valence-corrected chi connectivity index (χ1v) is 8.64. The smallest absolute Gasteiger partial charge is 0.325 e. The Hall–Kier alpha value is -2.73. The summed E-state index contributed by atoms with van der Waals surface area (Å²) in [5.74, 6) is 0.903. The Labute approximate surface area is 155 Å². The van der Waals surface area contributed by atoms with Gasteiger partial charge < -0.3 is 14.8 Å². The Kier molecular flexibility index (Phi) is 4.00. The van der Waals surface area contributed by atoms with Crippen LogP contribution in [-0.4, -0.2) is 30.1 Å². The molecule has 2 heterocycles. The molecule has 2 aromatic carbocycles. The molecule has 0 aromatic heterocycles. The Balaban J connectivity index is 1.62. The largest absolute Gasteiger partial charge is 0.486 e. The lowest BCUT2D eigenvalue weighted by Gasteiger charge is -2.25. The number of carbonyl (C=O) groups excluding carboxylic acids is 2. The van der Waals surface area contributed by atoms with Gasteiger partial charge in [0, 0.05) is 5.02 Å². The third-order valence-electron chi connectivity index (χ3n) is 4.65. The number of nitrogens with one attached hydrogen (secondary N) is 1. The molecule has 26 heavy (non-hydrogen) atoms. The summed E-state index contributed by atoms with van der Waals surface area (Å²) in [5, 5.41) is 3.40. The zero-order valence-electron chi connectivity index (χ0n) is 14.1. The summed E-state index contributed by atoms with van der Waals surface area (Å²) >= 11 is 5.89. The van der Waals surface area contributed by atoms with Crippen molar-refractivity contribution in [2.75, 3.05) is 13.2 Å². The molecule has 2 aliphatic rings. The molecule has 1 saturated heterocycles. The fourth-order valence-electron chi connectivity index (χ4n) is 3.16. The van der Waals surface area contributed by atoms with Crippen LogP contribution >= 0.6 is 11.6 Å². The normalized spacial score (nSPS) is 21.7. The number of amides is 3. The van der Waals surface area contributed by atoms with Crippen LogP contribution in [-0.2, 0) is 16.9 Å². The molecule has 1 fully saturated rings. The molecule has 2 aliphatic heterocycles. The molecule has 0 spiro atoms. The first-order chi connectivity index (χ1) is 12.5. The number of hydrogen-bond acceptors (Lipinski definition) is 4. The van der Waals surface area contributed by atoms with Gasteiger partial charge in [0.15, 0.2) is 11.5 Å². The average molecular weight is 373 g/mol. The summed E-state index contributed by atoms with van der Waals surface area (Å²) in [6.45, 7) is 2.83. The molecule has 134 valence electrons. The molecule has 0 radical (unpaired) electrons. The summed E-state index contributed by atoms with van der Waals surface area (Å²) in [7, 11) is 0. The van der Waals surface area contributed by atoms with Gasteiger partial charge in [-0.25, -0.2) is 4.79 Å². The monoisotopic (exact) mass is 372 g/mol. The number of ether oxygens (including phenoxy) is 2. The van der Waals surface area contributed by atoms with Crippen LogP contribution in [0.2, 0.25) is 5.02 Å². The lowest BCUT2D eigenvalue weighted by molar-refractivity contribution is -0.131. The highest BCUT2D eigenvalue weighted by Crippen LogP contribution is 2.37. The molecule has 2 aromatic rings. The Morgan fingerprint density at radius 3 is 2.50 bits per heavy atom. The molecule has 4 rings (SSSR count). The van der Waals surface area contributed by atoms with Gasteiger partial charge in [-0.2, -0.15) is 0 Å². The minimum Gasteiger partial charge on any atom is -0.486 e. The van der Waals surface area contributed by atoms with Gasteiger partial charge in [-0.1, -0.05) is 29.8 Å². The molecular formula is C19H17ClN2O4. The summed E-state index contributed by atoms with van der Waals surface area (Å²) < 4.78 is 11.1. The maximum Gasteiger partial charge on any atom is 0.325 e. The van der Waals surface area contributed by atoms with E-state index >= 15 is 0 Å². The van der Waals surface area contributed by atoms with Crippen LogP contribution in [0, 0.1) is 0 Å². The molecule has 0 aliphatic carbocycles. The molecular weight excluding hydrogens is 356 g/mol. The molecule has 1 atom stereocenters. The van der Waals surface area contributed by atoms with E-state index in [9.17, 15) is 9.59 Å². The standard InChI is InChI=1S/C19H17ClN2O4/c1-19(13-4-7-15-16(10-13)26-9-8-25-15)17(23)22(18(24)21-19)11-12-2-5-14(20)6-3-12/h2-7,10H,8-9,11H2,1H3,(H,21,24)/t19-/m1/s1. The molecule has 0 bridgehead atoms. The number of benzene rings is 2. The number of hydrogen-bond donors (Lipinski definition) is 1. The van der Waals surface area contributed by atoms with Crippen molar-refractivity contribution in [3.8, 4) is 11.5 Å². The highest BCUT2D eigenvalue weighted by molar-refractivity contribution is 6.30. The Morgan fingerprint density at radius 2 is 1.77 bits per heavy atom. The first-order valence-electron chi connectivity index (χ1n) is 8.26. The van der Waals surface area contributed by atoms with Crippen LogP contribution in [0.25, 0.3) is 0 Å². The Morgan fingerprint density at radius 1 is 1.08 bits per heavy atom. The fourth-order valence-corrected chi connectivity index (χ4v) is 3.29. The van der Waals surface area contributed by atoms with E-state index in [1.165, 1.54) is 4.90 Å². The molecule has 0 unspecified atom stereocenters. The van der Waals surface area contributed by atoms with Crippen LogP contribution in [0.5, 0.6) is 11.5 Å². The number of carbonyl (C=O) groups is 2. The van der Waals surface area contributed by atoms with Crippen LogP contribution in [0.3, 0.4) is 0 Å². The number of rotatable bonds is 3. The third kappa shape index (κ3) is 2.76. The van der Waals surface area contributed by atoms with Gasteiger partial charge in [0.2, 0.25) is 0 Å². The topological polar surface area (TPSA) is 67.9 Å². The zero-order chi connectivity index (χ0) is 18.3. The van der Waals surface area contributed by atoms with Gasteiger partial charge in [0.1, 0.15) is 18.8 Å². The van der Waals surface area contributed by atoms with Crippen molar-refractivity contribution in [2.45, 2.75) is 19.0 Å². The fraction of sp³-hybridized carbons (Fsp3) is 0.263. The number of imide groups is 1. The second-order valence-electron chi connectivity index (χ2n) is 6.43. The number of urea groups is 1. The van der Waals surface area contributed by atoms with Crippen LogP contribution < -0.4 is 14.8 Å². The van der Waals surface area contributed by atoms with Crippen molar-refractivity contribution in [1.82, 2.24) is 10.2 Å². The van der Waals surface area contributed by atoms with Crippen LogP contribution in [0.1, 0.15) is 18.1 Å². The van der Waals surface area contributed by atoms with Crippen LogP contribution in [0.15, 0.2) is 42.5 Å². The summed E-state index contributed by atoms with van der Waals surface area (Å²) in [5.41, 5.74) is 0.322. The molecule has 1 N–H and O–H groups in total. The highest BCUT2D eigenvalue weighted by atomic mass is 35.5. The number of nitrogens with zero attached hydrogens (tertiary/aromatic N) is 1. The van der Waals surface area contributed by atoms with E-state index in [0.29, 0.717) is 35.3 Å². The molecule has 0 saturated carbocycles. The van der Waals surface area contributed by atoms with Crippen LogP contribution in [0.4, 0.5) is 4.79 Å². The summed E-state index contributed by atoms with van der Waals surface area (Å²) in [6, 6.07) is 11.9. The van der Waals surface area contributed by atoms with E-state index in [4.69, 9.17) is 21.1 Å². The van der Waals surface area contributed by atoms with Crippen molar-refractivity contribution in [3.63, 3.8) is 0 Å². The van der Waals surface area contributed by atoms with Gasteiger partial charge in [-0.05, 0) is 42.3 Å². The predicted octanol–water partition coefficient (Wildman–Crippen LogP) is 3.08. The van der Waals surface area contributed by atoms with E-state index < -0.39 is 11.6 Å². The van der Waals surface area contributed by atoms with E-state index in [2.05, 4.69) is 5.32 Å². The lowest BCUT2D eigenvalue weighted by Crippen LogP contribution is -2.41. The van der Waals surface area contributed by atoms with Gasteiger partial charge in [0.05, 0.1) is 6.54 Å². The minimum atomic E-state index is -1.15. The second kappa shape index (κ2) is 6.21. The van der Waals surface area contributed by atoms with Gasteiger partial charge in [-0.15, -0.1) is 0 Å².